The third-order valence-corrected chi connectivity index (χ3v) is 3.11. The number of nitrogens with one attached hydrogen (secondary N) is 1. The average molecular weight is 241 g/mol. The molecule has 2 nitrogen and oxygen atoms in total. The summed E-state index contributed by atoms with van der Waals surface area (Å²) in [5, 5.41) is 3.20. The Balaban J connectivity index is 2.26. The average Bonchev–Trinajstić information content (AvgIpc) is 2.36. The van der Waals surface area contributed by atoms with Crippen molar-refractivity contribution >= 4 is 0 Å². The second-order valence-corrected chi connectivity index (χ2v) is 4.26. The van der Waals surface area contributed by atoms with Crippen molar-refractivity contribution in [3.05, 3.63) is 29.3 Å². The molecule has 4 heteroatoms. The first-order valence-electron chi connectivity index (χ1n) is 6.05. The molecule has 1 N–H and O–H groups in total. The molecule has 1 heterocycles. The normalized spacial score (nSPS) is 20.3. The quantitative estimate of drug-likeness (QED) is 0.878. The molecule has 1 aliphatic rings. The minimum Gasteiger partial charge on any atom is -0.491 e. The maximum Gasteiger partial charge on any atom is 0.200 e. The van der Waals surface area contributed by atoms with Crippen LogP contribution in [0, 0.1) is 11.6 Å². The number of benzene rings is 1. The second-order valence-electron chi connectivity index (χ2n) is 4.26. The molecule has 1 unspecified atom stereocenters. The van der Waals surface area contributed by atoms with Gasteiger partial charge in [-0.25, -0.2) is 4.39 Å². The third-order valence-electron chi connectivity index (χ3n) is 3.11. The lowest BCUT2D eigenvalue weighted by Gasteiger charge is -2.23. The summed E-state index contributed by atoms with van der Waals surface area (Å²) in [4.78, 5) is 0. The van der Waals surface area contributed by atoms with E-state index in [-0.39, 0.29) is 11.7 Å². The topological polar surface area (TPSA) is 21.3 Å². The van der Waals surface area contributed by atoms with Crippen LogP contribution in [0.1, 0.15) is 31.2 Å². The van der Waals surface area contributed by atoms with E-state index < -0.39 is 11.6 Å². The van der Waals surface area contributed by atoms with Crippen LogP contribution in [0.15, 0.2) is 12.1 Å². The molecule has 1 aromatic rings. The van der Waals surface area contributed by atoms with E-state index in [0.29, 0.717) is 18.7 Å². The highest BCUT2D eigenvalue weighted by molar-refractivity contribution is 5.33. The smallest absolute Gasteiger partial charge is 0.200 e. The summed E-state index contributed by atoms with van der Waals surface area (Å²) in [5.41, 5.74) is 0.457. The van der Waals surface area contributed by atoms with Gasteiger partial charge < -0.3 is 10.1 Å². The van der Waals surface area contributed by atoms with Gasteiger partial charge in [0.25, 0.3) is 0 Å². The van der Waals surface area contributed by atoms with Crippen LogP contribution in [0.5, 0.6) is 5.75 Å². The number of ether oxygens (including phenoxy) is 1. The fourth-order valence-electron chi connectivity index (χ4n) is 2.25. The summed E-state index contributed by atoms with van der Waals surface area (Å²) in [6.07, 6.45) is 1.90. The molecule has 1 atom stereocenters. The molecule has 1 fully saturated rings. The zero-order valence-corrected chi connectivity index (χ0v) is 9.93. The van der Waals surface area contributed by atoms with Gasteiger partial charge in [0, 0.05) is 6.54 Å². The van der Waals surface area contributed by atoms with Gasteiger partial charge in [-0.3, -0.25) is 0 Å². The Hall–Kier alpha value is -1.16. The van der Waals surface area contributed by atoms with Crippen molar-refractivity contribution in [1.29, 1.82) is 0 Å². The molecule has 0 saturated carbocycles. The maximum absolute atomic E-state index is 13.9. The Labute approximate surface area is 100.0 Å². The zero-order chi connectivity index (χ0) is 12.3. The summed E-state index contributed by atoms with van der Waals surface area (Å²) < 4.78 is 32.6. The van der Waals surface area contributed by atoms with Crippen LogP contribution < -0.4 is 10.1 Å². The number of halogens is 2. The first kappa shape index (κ1) is 12.3. The standard InChI is InChI=1S/C13H17F2NO/c1-2-17-11-6-5-10(12(14)13(11)15)9-4-3-7-16-8-9/h5-6,9,16H,2-4,7-8H2,1H3. The summed E-state index contributed by atoms with van der Waals surface area (Å²) in [6.45, 7) is 3.75. The van der Waals surface area contributed by atoms with Crippen molar-refractivity contribution in [3.8, 4) is 5.75 Å². The lowest BCUT2D eigenvalue weighted by atomic mass is 9.91. The number of hydrogen-bond acceptors (Lipinski definition) is 2. The molecule has 0 bridgehead atoms. The van der Waals surface area contributed by atoms with Crippen molar-refractivity contribution in [2.24, 2.45) is 0 Å². The van der Waals surface area contributed by atoms with Crippen molar-refractivity contribution in [2.75, 3.05) is 19.7 Å². The van der Waals surface area contributed by atoms with Gasteiger partial charge in [0.15, 0.2) is 11.6 Å². The molecule has 17 heavy (non-hydrogen) atoms. The Morgan fingerprint density at radius 3 is 2.82 bits per heavy atom. The van der Waals surface area contributed by atoms with Crippen molar-refractivity contribution in [1.82, 2.24) is 5.32 Å². The van der Waals surface area contributed by atoms with Gasteiger partial charge in [0.1, 0.15) is 0 Å². The van der Waals surface area contributed by atoms with Gasteiger partial charge >= 0.3 is 0 Å². The highest BCUT2D eigenvalue weighted by Crippen LogP contribution is 2.30. The first-order chi connectivity index (χ1) is 8.24. The van der Waals surface area contributed by atoms with Crippen LogP contribution in [-0.2, 0) is 0 Å². The second kappa shape index (κ2) is 5.45. The fraction of sp³-hybridized carbons (Fsp3) is 0.538. The van der Waals surface area contributed by atoms with Gasteiger partial charge in [-0.15, -0.1) is 0 Å². The summed E-state index contributed by atoms with van der Waals surface area (Å²) in [6, 6.07) is 3.16. The van der Waals surface area contributed by atoms with E-state index in [9.17, 15) is 8.78 Å². The molecule has 1 saturated heterocycles. The van der Waals surface area contributed by atoms with Crippen LogP contribution in [0.4, 0.5) is 8.78 Å². The summed E-state index contributed by atoms with van der Waals surface area (Å²) in [5.74, 6) is -1.56. The van der Waals surface area contributed by atoms with E-state index in [1.54, 1.807) is 13.0 Å². The minimum atomic E-state index is -0.866. The number of piperidine rings is 1. The Bertz CT molecular complexity index is 389. The molecular weight excluding hydrogens is 224 g/mol. The van der Waals surface area contributed by atoms with Gasteiger partial charge in [0.05, 0.1) is 6.61 Å². The van der Waals surface area contributed by atoms with E-state index >= 15 is 0 Å². The molecule has 2 rings (SSSR count). The van der Waals surface area contributed by atoms with Crippen LogP contribution in [0.25, 0.3) is 0 Å². The molecule has 0 amide bonds. The molecule has 0 spiro atoms. The monoisotopic (exact) mass is 241 g/mol. The van der Waals surface area contributed by atoms with Crippen LogP contribution in [0.2, 0.25) is 0 Å². The summed E-state index contributed by atoms with van der Waals surface area (Å²) in [7, 11) is 0. The molecule has 94 valence electrons. The lowest BCUT2D eigenvalue weighted by Crippen LogP contribution is -2.29. The molecule has 1 aliphatic heterocycles. The fourth-order valence-corrected chi connectivity index (χ4v) is 2.25. The van der Waals surface area contributed by atoms with Crippen LogP contribution in [0.3, 0.4) is 0 Å². The molecule has 1 aromatic carbocycles. The van der Waals surface area contributed by atoms with Crippen molar-refractivity contribution in [3.63, 3.8) is 0 Å². The van der Waals surface area contributed by atoms with Crippen LogP contribution >= 0.6 is 0 Å². The van der Waals surface area contributed by atoms with Gasteiger partial charge in [-0.2, -0.15) is 4.39 Å². The highest BCUT2D eigenvalue weighted by atomic mass is 19.2. The lowest BCUT2D eigenvalue weighted by molar-refractivity contribution is 0.312. The zero-order valence-electron chi connectivity index (χ0n) is 9.93. The first-order valence-corrected chi connectivity index (χ1v) is 6.05. The SMILES string of the molecule is CCOc1ccc(C2CCCNC2)c(F)c1F. The minimum absolute atomic E-state index is 0.00230. The summed E-state index contributed by atoms with van der Waals surface area (Å²) >= 11 is 0. The van der Waals surface area contributed by atoms with E-state index in [2.05, 4.69) is 5.32 Å². The Morgan fingerprint density at radius 2 is 2.18 bits per heavy atom. The van der Waals surface area contributed by atoms with E-state index in [1.165, 1.54) is 6.07 Å². The molecule has 0 radical (unpaired) electrons. The van der Waals surface area contributed by atoms with E-state index in [0.717, 1.165) is 19.4 Å². The van der Waals surface area contributed by atoms with Crippen molar-refractivity contribution in [2.45, 2.75) is 25.7 Å². The molecule has 0 aromatic heterocycles. The number of hydrogen-bond donors (Lipinski definition) is 1. The van der Waals surface area contributed by atoms with Gasteiger partial charge in [0.2, 0.25) is 5.82 Å². The highest BCUT2D eigenvalue weighted by Gasteiger charge is 2.22. The maximum atomic E-state index is 13.9. The predicted octanol–water partition coefficient (Wildman–Crippen LogP) is 2.83. The third kappa shape index (κ3) is 2.57. The Morgan fingerprint density at radius 1 is 1.35 bits per heavy atom. The van der Waals surface area contributed by atoms with E-state index in [4.69, 9.17) is 4.74 Å². The largest absolute Gasteiger partial charge is 0.491 e. The molecular formula is C13H17F2NO. The Kier molecular flexibility index (Phi) is 3.94. The molecule has 0 aliphatic carbocycles. The predicted molar refractivity (Wildman–Crippen MR) is 62.4 cm³/mol. The van der Waals surface area contributed by atoms with Gasteiger partial charge in [-0.05, 0) is 43.9 Å². The van der Waals surface area contributed by atoms with Crippen LogP contribution in [-0.4, -0.2) is 19.7 Å². The van der Waals surface area contributed by atoms with E-state index in [1.807, 2.05) is 0 Å². The number of rotatable bonds is 3. The van der Waals surface area contributed by atoms with Crippen molar-refractivity contribution < 1.29 is 13.5 Å². The van der Waals surface area contributed by atoms with Gasteiger partial charge in [-0.1, -0.05) is 6.07 Å².